The maximum atomic E-state index is 13.7. The second-order valence-electron chi connectivity index (χ2n) is 8.72. The van der Waals surface area contributed by atoms with E-state index in [-0.39, 0.29) is 5.91 Å². The number of amides is 1. The minimum atomic E-state index is -0.629. The Morgan fingerprint density at radius 2 is 1.85 bits per heavy atom. The molecule has 4 aromatic rings. The van der Waals surface area contributed by atoms with Crippen LogP contribution in [0, 0.1) is 0 Å². The first-order valence-electron chi connectivity index (χ1n) is 12.3. The first kappa shape index (κ1) is 26.1. The number of anilines is 2. The van der Waals surface area contributed by atoms with E-state index >= 15 is 0 Å². The number of methoxy groups -OCH3 is 1. The van der Waals surface area contributed by atoms with Crippen LogP contribution < -0.4 is 24.8 Å². The maximum Gasteiger partial charge on any atom is 0.255 e. The van der Waals surface area contributed by atoms with Gasteiger partial charge in [-0.25, -0.2) is 0 Å². The van der Waals surface area contributed by atoms with Crippen LogP contribution in [-0.4, -0.2) is 39.8 Å². The van der Waals surface area contributed by atoms with Crippen molar-refractivity contribution in [1.82, 2.24) is 20.2 Å². The molecule has 5 rings (SSSR count). The number of halogens is 1. The zero-order valence-electron chi connectivity index (χ0n) is 21.6. The average molecular weight is 547 g/mol. The second kappa shape index (κ2) is 11.4. The summed E-state index contributed by atoms with van der Waals surface area (Å²) in [6.45, 7) is 4.48. The number of hydrogen-bond donors (Lipinski definition) is 2. The van der Waals surface area contributed by atoms with Crippen LogP contribution in [-0.2, 0) is 11.4 Å². The molecule has 1 aliphatic heterocycles. The van der Waals surface area contributed by atoms with E-state index < -0.39 is 6.04 Å². The molecule has 0 radical (unpaired) electrons. The van der Waals surface area contributed by atoms with Gasteiger partial charge in [0.15, 0.2) is 11.5 Å². The molecule has 3 aromatic carbocycles. The average Bonchev–Trinajstić information content (AvgIpc) is 3.41. The Morgan fingerprint density at radius 1 is 1.05 bits per heavy atom. The van der Waals surface area contributed by atoms with Crippen molar-refractivity contribution in [3.63, 3.8) is 0 Å². The third-order valence-electron chi connectivity index (χ3n) is 6.20. The molecule has 0 bridgehead atoms. The Balaban J connectivity index is 1.49. The summed E-state index contributed by atoms with van der Waals surface area (Å²) in [5.74, 6) is 1.76. The number of carbonyl (C=O) groups is 1. The fourth-order valence-corrected chi connectivity index (χ4v) is 4.50. The van der Waals surface area contributed by atoms with Gasteiger partial charge in [0.05, 0.1) is 25.0 Å². The van der Waals surface area contributed by atoms with Crippen molar-refractivity contribution < 1.29 is 19.0 Å². The Labute approximate surface area is 230 Å². The fraction of sp³-hybridized carbons (Fsp3) is 0.214. The van der Waals surface area contributed by atoms with Gasteiger partial charge in [-0.15, -0.1) is 0 Å². The number of allylic oxidation sites excluding steroid dienone is 1. The smallest absolute Gasteiger partial charge is 0.255 e. The highest BCUT2D eigenvalue weighted by atomic mass is 35.5. The Hall–Kier alpha value is -4.57. The third kappa shape index (κ3) is 5.51. The summed E-state index contributed by atoms with van der Waals surface area (Å²) < 4.78 is 19.0. The summed E-state index contributed by atoms with van der Waals surface area (Å²) in [7, 11) is 1.56. The van der Waals surface area contributed by atoms with Crippen LogP contribution in [0.25, 0.3) is 0 Å². The standard InChI is InChI=1S/C28H27ClN6O4/c1-4-38-24-15-19(11-14-23(24)39-16-18-9-12-20(29)13-10-18)26-25(17(2)30-28-32-33-34-35(26)28)27(36)31-21-7-5-6-8-22(21)37-3/h5-15,26H,4,16H2,1-3H3,(H,31,36)(H,30,32,34). The molecule has 0 saturated carbocycles. The van der Waals surface area contributed by atoms with Crippen LogP contribution in [0.3, 0.4) is 0 Å². The molecule has 1 aromatic heterocycles. The molecular formula is C28H27ClN6O4. The van der Waals surface area contributed by atoms with Gasteiger partial charge in [0.2, 0.25) is 5.95 Å². The van der Waals surface area contributed by atoms with Crippen molar-refractivity contribution in [1.29, 1.82) is 0 Å². The monoisotopic (exact) mass is 546 g/mol. The molecule has 2 N–H and O–H groups in total. The van der Waals surface area contributed by atoms with Crippen molar-refractivity contribution >= 4 is 29.1 Å². The summed E-state index contributed by atoms with van der Waals surface area (Å²) in [5.41, 5.74) is 3.33. The molecule has 200 valence electrons. The predicted molar refractivity (Wildman–Crippen MR) is 147 cm³/mol. The first-order chi connectivity index (χ1) is 19.0. The van der Waals surface area contributed by atoms with Gasteiger partial charge < -0.3 is 24.8 Å². The van der Waals surface area contributed by atoms with Crippen LogP contribution in [0.5, 0.6) is 17.2 Å². The number of para-hydroxylation sites is 2. The number of benzene rings is 3. The van der Waals surface area contributed by atoms with E-state index in [1.807, 2.05) is 68.4 Å². The molecule has 0 fully saturated rings. The molecule has 39 heavy (non-hydrogen) atoms. The highest BCUT2D eigenvalue weighted by Crippen LogP contribution is 2.39. The normalized spacial score (nSPS) is 14.3. The fourth-order valence-electron chi connectivity index (χ4n) is 4.38. The van der Waals surface area contributed by atoms with Gasteiger partial charge in [0.25, 0.3) is 5.91 Å². The summed E-state index contributed by atoms with van der Waals surface area (Å²) in [6, 6.07) is 19.6. The van der Waals surface area contributed by atoms with Crippen LogP contribution in [0.15, 0.2) is 78.0 Å². The number of hydrogen-bond acceptors (Lipinski definition) is 8. The minimum absolute atomic E-state index is 0.323. The lowest BCUT2D eigenvalue weighted by Crippen LogP contribution is -2.31. The Morgan fingerprint density at radius 3 is 2.62 bits per heavy atom. The lowest BCUT2D eigenvalue weighted by Gasteiger charge is -2.28. The van der Waals surface area contributed by atoms with E-state index in [0.29, 0.717) is 58.4 Å². The third-order valence-corrected chi connectivity index (χ3v) is 6.46. The predicted octanol–water partition coefficient (Wildman–Crippen LogP) is 5.24. The van der Waals surface area contributed by atoms with Crippen LogP contribution in [0.1, 0.15) is 31.0 Å². The first-order valence-corrected chi connectivity index (χ1v) is 12.7. The summed E-state index contributed by atoms with van der Waals surface area (Å²) >= 11 is 6.00. The SMILES string of the molecule is CCOc1cc(C2C(C(=O)Nc3ccccc3OC)=C(C)Nc3nnnn32)ccc1OCc1ccc(Cl)cc1. The number of tetrazole rings is 1. The maximum absolute atomic E-state index is 13.7. The van der Waals surface area contributed by atoms with Crippen molar-refractivity contribution in [2.45, 2.75) is 26.5 Å². The summed E-state index contributed by atoms with van der Waals surface area (Å²) in [5, 5.41) is 18.8. The Bertz CT molecular complexity index is 1520. The molecule has 10 nitrogen and oxygen atoms in total. The van der Waals surface area contributed by atoms with Crippen molar-refractivity contribution in [3.8, 4) is 17.2 Å². The molecule has 2 heterocycles. The topological polar surface area (TPSA) is 112 Å². The lowest BCUT2D eigenvalue weighted by atomic mass is 9.94. The van der Waals surface area contributed by atoms with Crippen LogP contribution in [0.2, 0.25) is 5.02 Å². The molecule has 0 spiro atoms. The molecule has 11 heteroatoms. The summed E-state index contributed by atoms with van der Waals surface area (Å²) in [6.07, 6.45) is 0. The van der Waals surface area contributed by atoms with Gasteiger partial charge >= 0.3 is 0 Å². The van der Waals surface area contributed by atoms with Crippen molar-refractivity contribution in [3.05, 3.63) is 94.1 Å². The molecule has 1 unspecified atom stereocenters. The van der Waals surface area contributed by atoms with Gasteiger partial charge in [-0.3, -0.25) is 4.79 Å². The number of nitrogens with zero attached hydrogens (tertiary/aromatic N) is 4. The molecule has 1 atom stereocenters. The number of ether oxygens (including phenoxy) is 3. The number of nitrogens with one attached hydrogen (secondary N) is 2. The quantitative estimate of drug-likeness (QED) is 0.293. The second-order valence-corrected chi connectivity index (χ2v) is 9.16. The van der Waals surface area contributed by atoms with E-state index in [0.717, 1.165) is 11.1 Å². The molecular weight excluding hydrogens is 520 g/mol. The number of carbonyl (C=O) groups excluding carboxylic acids is 1. The summed E-state index contributed by atoms with van der Waals surface area (Å²) in [4.78, 5) is 13.7. The van der Waals surface area contributed by atoms with Crippen molar-refractivity contribution in [2.75, 3.05) is 24.4 Å². The highest BCUT2D eigenvalue weighted by molar-refractivity contribution is 6.30. The zero-order valence-corrected chi connectivity index (χ0v) is 22.4. The van der Waals surface area contributed by atoms with E-state index in [2.05, 4.69) is 26.2 Å². The van der Waals surface area contributed by atoms with E-state index in [4.69, 9.17) is 25.8 Å². The highest BCUT2D eigenvalue weighted by Gasteiger charge is 2.35. The van der Waals surface area contributed by atoms with E-state index in [1.165, 1.54) is 0 Å². The van der Waals surface area contributed by atoms with E-state index in [9.17, 15) is 4.79 Å². The molecule has 0 aliphatic carbocycles. The largest absolute Gasteiger partial charge is 0.495 e. The van der Waals surface area contributed by atoms with E-state index in [1.54, 1.807) is 23.9 Å². The number of fused-ring (bicyclic) bond motifs is 1. The van der Waals surface area contributed by atoms with Gasteiger partial charge in [-0.05, 0) is 71.8 Å². The van der Waals surface area contributed by atoms with Gasteiger partial charge in [0, 0.05) is 10.7 Å². The molecule has 1 aliphatic rings. The number of rotatable bonds is 9. The molecule has 0 saturated heterocycles. The zero-order chi connectivity index (χ0) is 27.4. The van der Waals surface area contributed by atoms with Crippen molar-refractivity contribution in [2.24, 2.45) is 0 Å². The van der Waals surface area contributed by atoms with Crippen LogP contribution in [0.4, 0.5) is 11.6 Å². The number of aromatic nitrogens is 4. The van der Waals surface area contributed by atoms with Gasteiger partial charge in [0.1, 0.15) is 18.4 Å². The van der Waals surface area contributed by atoms with Gasteiger partial charge in [-0.2, -0.15) is 4.68 Å². The molecule has 1 amide bonds. The van der Waals surface area contributed by atoms with Crippen LogP contribution >= 0.6 is 11.6 Å². The lowest BCUT2D eigenvalue weighted by molar-refractivity contribution is -0.113. The van der Waals surface area contributed by atoms with Gasteiger partial charge in [-0.1, -0.05) is 47.0 Å². The minimum Gasteiger partial charge on any atom is -0.495 e. The Kier molecular flexibility index (Phi) is 7.64.